The minimum absolute atomic E-state index is 0.174. The number of hydrogen-bond acceptors (Lipinski definition) is 7. The van der Waals surface area contributed by atoms with Gasteiger partial charge in [0.15, 0.2) is 0 Å². The Kier molecular flexibility index (Phi) is 5.17. The van der Waals surface area contributed by atoms with Crippen LogP contribution in [0.15, 0.2) is 18.6 Å². The average Bonchev–Trinajstić information content (AvgIpc) is 2.27. The maximum Gasteiger partial charge on any atom is 0.266 e. The molecule has 0 spiro atoms. The number of hydrogen-bond donors (Lipinski definition) is 2. The van der Waals surface area contributed by atoms with Gasteiger partial charge in [-0.15, -0.1) is 0 Å². The van der Waals surface area contributed by atoms with E-state index >= 15 is 0 Å². The minimum atomic E-state index is -4.18. The molecule has 1 aromatic rings. The maximum atomic E-state index is 10.7. The van der Waals surface area contributed by atoms with Crippen molar-refractivity contribution in [2.24, 2.45) is 0 Å². The molecule has 108 valence electrons. The molecule has 1 rings (SSSR count). The van der Waals surface area contributed by atoms with Gasteiger partial charge >= 0.3 is 0 Å². The summed E-state index contributed by atoms with van der Waals surface area (Å²) in [5.74, 6) is -0.931. The fraction of sp³-hybridized carbons (Fsp3) is 0.500. The van der Waals surface area contributed by atoms with E-state index in [0.29, 0.717) is 0 Å². The lowest BCUT2D eigenvalue weighted by Crippen LogP contribution is -2.34. The second kappa shape index (κ2) is 6.23. The van der Waals surface area contributed by atoms with E-state index < -0.39 is 31.7 Å². The van der Waals surface area contributed by atoms with Gasteiger partial charge in [0.25, 0.3) is 20.2 Å². The van der Waals surface area contributed by atoms with Crippen molar-refractivity contribution in [2.75, 3.05) is 29.5 Å². The fourth-order valence-corrected chi connectivity index (χ4v) is 2.15. The number of nitrogens with zero attached hydrogens (tertiary/aromatic N) is 3. The third-order valence-corrected chi connectivity index (χ3v) is 3.51. The zero-order valence-corrected chi connectivity index (χ0v) is 11.4. The summed E-state index contributed by atoms with van der Waals surface area (Å²) >= 11 is 0. The molecule has 0 saturated heterocycles. The normalized spacial score (nSPS) is 12.3. The summed E-state index contributed by atoms with van der Waals surface area (Å²) in [4.78, 5) is 8.94. The molecule has 0 amide bonds. The van der Waals surface area contributed by atoms with E-state index in [4.69, 9.17) is 9.11 Å². The van der Waals surface area contributed by atoms with Crippen molar-refractivity contribution < 1.29 is 25.9 Å². The Morgan fingerprint density at radius 2 is 1.53 bits per heavy atom. The Labute approximate surface area is 110 Å². The van der Waals surface area contributed by atoms with E-state index in [2.05, 4.69) is 9.97 Å². The summed E-state index contributed by atoms with van der Waals surface area (Å²) < 4.78 is 60.1. The molecule has 0 aromatic carbocycles. The van der Waals surface area contributed by atoms with Crippen LogP contribution in [-0.2, 0) is 20.2 Å². The first kappa shape index (κ1) is 15.8. The van der Waals surface area contributed by atoms with E-state index in [-0.39, 0.29) is 18.9 Å². The SMILES string of the molecule is O=S(=O)(O)CCN(CCS(=O)(=O)O)c1cnccn1. The van der Waals surface area contributed by atoms with Crippen LogP contribution in [0.2, 0.25) is 0 Å². The zero-order valence-electron chi connectivity index (χ0n) is 9.75. The van der Waals surface area contributed by atoms with Crippen LogP contribution >= 0.6 is 0 Å². The molecule has 0 atom stereocenters. The number of aromatic nitrogens is 2. The molecule has 1 aromatic heterocycles. The lowest BCUT2D eigenvalue weighted by molar-refractivity contribution is 0.482. The molecule has 0 aliphatic heterocycles. The highest BCUT2D eigenvalue weighted by Crippen LogP contribution is 2.08. The number of rotatable bonds is 7. The molecule has 2 N–H and O–H groups in total. The van der Waals surface area contributed by atoms with Crippen molar-refractivity contribution in [1.82, 2.24) is 9.97 Å². The van der Waals surface area contributed by atoms with Crippen molar-refractivity contribution >= 4 is 26.1 Å². The molecule has 9 nitrogen and oxygen atoms in total. The summed E-state index contributed by atoms with van der Waals surface area (Å²) in [5.41, 5.74) is 0. The van der Waals surface area contributed by atoms with Gasteiger partial charge in [-0.25, -0.2) is 4.98 Å². The highest BCUT2D eigenvalue weighted by Gasteiger charge is 2.15. The van der Waals surface area contributed by atoms with Gasteiger partial charge in [0.2, 0.25) is 0 Å². The van der Waals surface area contributed by atoms with E-state index in [0.717, 1.165) is 0 Å². The first-order chi connectivity index (χ1) is 8.67. The molecule has 11 heteroatoms. The molecule has 0 radical (unpaired) electrons. The highest BCUT2D eigenvalue weighted by atomic mass is 32.2. The van der Waals surface area contributed by atoms with Gasteiger partial charge in [-0.2, -0.15) is 16.8 Å². The largest absolute Gasteiger partial charge is 0.353 e. The predicted molar refractivity (Wildman–Crippen MR) is 67.1 cm³/mol. The van der Waals surface area contributed by atoms with Crippen molar-refractivity contribution in [3.05, 3.63) is 18.6 Å². The van der Waals surface area contributed by atoms with Gasteiger partial charge in [-0.1, -0.05) is 0 Å². The van der Waals surface area contributed by atoms with E-state index in [1.54, 1.807) is 0 Å². The van der Waals surface area contributed by atoms with E-state index in [1.807, 2.05) is 0 Å². The molecule has 0 unspecified atom stereocenters. The minimum Gasteiger partial charge on any atom is -0.353 e. The van der Waals surface area contributed by atoms with Gasteiger partial charge in [-0.05, 0) is 0 Å². The lowest BCUT2D eigenvalue weighted by Gasteiger charge is -2.21. The molecule has 0 aliphatic rings. The second-order valence-electron chi connectivity index (χ2n) is 3.62. The van der Waals surface area contributed by atoms with E-state index in [9.17, 15) is 16.8 Å². The summed E-state index contributed by atoms with van der Waals surface area (Å²) in [6, 6.07) is 0. The summed E-state index contributed by atoms with van der Waals surface area (Å²) in [5, 5.41) is 0. The van der Waals surface area contributed by atoms with Gasteiger partial charge in [-0.3, -0.25) is 14.1 Å². The Morgan fingerprint density at radius 1 is 1.00 bits per heavy atom. The van der Waals surface area contributed by atoms with Crippen molar-refractivity contribution in [2.45, 2.75) is 0 Å². The maximum absolute atomic E-state index is 10.7. The van der Waals surface area contributed by atoms with Crippen LogP contribution in [0.5, 0.6) is 0 Å². The standard InChI is InChI=1S/C8H13N3O6S2/c12-18(13,14)5-3-11(4-6-19(15,16)17)8-7-9-1-2-10-8/h1-2,7H,3-6H2,(H,12,13,14)(H,15,16,17). The monoisotopic (exact) mass is 311 g/mol. The Morgan fingerprint density at radius 3 is 1.89 bits per heavy atom. The summed E-state index contributed by atoms with van der Waals surface area (Å²) in [6.07, 6.45) is 4.06. The third kappa shape index (κ3) is 7.00. The van der Waals surface area contributed by atoms with Gasteiger partial charge in [0, 0.05) is 25.5 Å². The van der Waals surface area contributed by atoms with Crippen LogP contribution in [0.4, 0.5) is 5.82 Å². The van der Waals surface area contributed by atoms with E-state index in [1.165, 1.54) is 23.5 Å². The number of anilines is 1. The summed E-state index contributed by atoms with van der Waals surface area (Å²) in [6.45, 7) is -0.347. The molecule has 19 heavy (non-hydrogen) atoms. The van der Waals surface area contributed by atoms with Crippen LogP contribution in [0.1, 0.15) is 0 Å². The summed E-state index contributed by atoms with van der Waals surface area (Å²) in [7, 11) is -8.37. The predicted octanol–water partition coefficient (Wildman–Crippen LogP) is -0.941. The molecule has 0 fully saturated rings. The Hall–Kier alpha value is -1.30. The van der Waals surface area contributed by atoms with Crippen LogP contribution < -0.4 is 4.90 Å². The van der Waals surface area contributed by atoms with Crippen LogP contribution in [0.25, 0.3) is 0 Å². The molecule has 0 aliphatic carbocycles. The molecular weight excluding hydrogens is 298 g/mol. The van der Waals surface area contributed by atoms with Crippen LogP contribution in [-0.4, -0.2) is 60.5 Å². The topological polar surface area (TPSA) is 138 Å². The Balaban J connectivity index is 2.79. The first-order valence-electron chi connectivity index (χ1n) is 5.09. The van der Waals surface area contributed by atoms with Gasteiger partial charge < -0.3 is 4.90 Å². The van der Waals surface area contributed by atoms with Gasteiger partial charge in [0.1, 0.15) is 5.82 Å². The van der Waals surface area contributed by atoms with Crippen molar-refractivity contribution in [1.29, 1.82) is 0 Å². The smallest absolute Gasteiger partial charge is 0.266 e. The molecule has 0 bridgehead atoms. The second-order valence-corrected chi connectivity index (χ2v) is 6.77. The lowest BCUT2D eigenvalue weighted by atomic mass is 10.5. The third-order valence-electron chi connectivity index (χ3n) is 2.11. The Bertz CT molecular complexity index is 565. The van der Waals surface area contributed by atoms with Crippen molar-refractivity contribution in [3.63, 3.8) is 0 Å². The first-order valence-corrected chi connectivity index (χ1v) is 8.30. The average molecular weight is 311 g/mol. The van der Waals surface area contributed by atoms with Crippen LogP contribution in [0.3, 0.4) is 0 Å². The van der Waals surface area contributed by atoms with Crippen molar-refractivity contribution in [3.8, 4) is 0 Å². The van der Waals surface area contributed by atoms with Gasteiger partial charge in [0.05, 0.1) is 17.7 Å². The van der Waals surface area contributed by atoms with Crippen LogP contribution in [0, 0.1) is 0 Å². The molecular formula is C8H13N3O6S2. The fourth-order valence-electron chi connectivity index (χ4n) is 1.25. The zero-order chi connectivity index (χ0) is 14.5. The quantitative estimate of drug-likeness (QED) is 0.611. The molecule has 1 heterocycles. The molecule has 0 saturated carbocycles. The highest BCUT2D eigenvalue weighted by molar-refractivity contribution is 7.86.